The molecule has 1 heterocycles. The quantitative estimate of drug-likeness (QED) is 0.551. The summed E-state index contributed by atoms with van der Waals surface area (Å²) in [5, 5.41) is 6.65. The van der Waals surface area contributed by atoms with Gasteiger partial charge in [-0.25, -0.2) is 4.68 Å². The van der Waals surface area contributed by atoms with E-state index >= 15 is 0 Å². The van der Waals surface area contributed by atoms with E-state index in [1.165, 1.54) is 0 Å². The number of rotatable bonds is 3. The van der Waals surface area contributed by atoms with Gasteiger partial charge in [0, 0.05) is 6.54 Å². The zero-order chi connectivity index (χ0) is 8.97. The van der Waals surface area contributed by atoms with Crippen LogP contribution in [0.25, 0.3) is 0 Å². The number of aryl methyl sites for hydroxylation is 1. The first kappa shape index (κ1) is 8.99. The average molecular weight is 184 g/mol. The molecule has 1 aromatic heterocycles. The van der Waals surface area contributed by atoms with E-state index in [0.29, 0.717) is 4.77 Å². The number of hydrogen-bond acceptors (Lipinski definition) is 3. The van der Waals surface area contributed by atoms with Gasteiger partial charge in [0.15, 0.2) is 0 Å². The van der Waals surface area contributed by atoms with E-state index in [4.69, 9.17) is 12.2 Å². The van der Waals surface area contributed by atoms with E-state index in [9.17, 15) is 0 Å². The number of aromatic nitrogens is 3. The fourth-order valence-electron chi connectivity index (χ4n) is 0.824. The lowest BCUT2D eigenvalue weighted by Crippen LogP contribution is -2.16. The Bertz CT molecular complexity index is 322. The SMILES string of the molecule is C/C=C/CNn1c(C)n[nH]c1=S. The molecule has 1 rings (SSSR count). The summed E-state index contributed by atoms with van der Waals surface area (Å²) in [6.45, 7) is 4.61. The van der Waals surface area contributed by atoms with E-state index in [2.05, 4.69) is 15.6 Å². The van der Waals surface area contributed by atoms with Gasteiger partial charge in [0.2, 0.25) is 4.77 Å². The number of H-pyrrole nitrogens is 1. The maximum atomic E-state index is 4.98. The lowest BCUT2D eigenvalue weighted by Gasteiger charge is -2.03. The van der Waals surface area contributed by atoms with Gasteiger partial charge in [0.1, 0.15) is 5.82 Å². The molecule has 0 spiro atoms. The number of aromatic amines is 1. The zero-order valence-corrected chi connectivity index (χ0v) is 7.98. The average Bonchev–Trinajstić information content (AvgIpc) is 2.35. The molecule has 0 bridgehead atoms. The summed E-state index contributed by atoms with van der Waals surface area (Å²) < 4.78 is 2.34. The van der Waals surface area contributed by atoms with Gasteiger partial charge in [0.05, 0.1) is 0 Å². The molecule has 0 amide bonds. The minimum Gasteiger partial charge on any atom is -0.318 e. The maximum Gasteiger partial charge on any atom is 0.214 e. The van der Waals surface area contributed by atoms with Crippen molar-refractivity contribution < 1.29 is 0 Å². The van der Waals surface area contributed by atoms with E-state index in [1.54, 1.807) is 4.68 Å². The van der Waals surface area contributed by atoms with Crippen molar-refractivity contribution in [2.45, 2.75) is 13.8 Å². The van der Waals surface area contributed by atoms with Crippen molar-refractivity contribution >= 4 is 12.2 Å². The van der Waals surface area contributed by atoms with Crippen LogP contribution in [0.1, 0.15) is 12.7 Å². The molecule has 0 aliphatic carbocycles. The first-order valence-electron chi connectivity index (χ1n) is 3.74. The van der Waals surface area contributed by atoms with Gasteiger partial charge in [-0.1, -0.05) is 12.2 Å². The standard InChI is InChI=1S/C7H12N4S/c1-3-4-5-8-11-6(2)9-10-7(11)12/h3-4,8H,5H2,1-2H3,(H,10,12)/b4-3+. The smallest absolute Gasteiger partial charge is 0.214 e. The normalized spacial score (nSPS) is 10.8. The van der Waals surface area contributed by atoms with E-state index in [-0.39, 0.29) is 0 Å². The van der Waals surface area contributed by atoms with Crippen LogP contribution in [0.4, 0.5) is 0 Å². The van der Waals surface area contributed by atoms with Crippen LogP contribution in [-0.2, 0) is 0 Å². The summed E-state index contributed by atoms with van der Waals surface area (Å²) in [6.07, 6.45) is 3.99. The van der Waals surface area contributed by atoms with Crippen molar-refractivity contribution in [3.05, 3.63) is 22.7 Å². The predicted octanol–water partition coefficient (Wildman–Crippen LogP) is 1.37. The Balaban J connectivity index is 2.68. The first-order chi connectivity index (χ1) is 5.75. The summed E-state index contributed by atoms with van der Waals surface area (Å²) in [6, 6.07) is 0. The molecule has 0 aromatic carbocycles. The molecule has 0 fully saturated rings. The highest BCUT2D eigenvalue weighted by Crippen LogP contribution is 1.90. The summed E-state index contributed by atoms with van der Waals surface area (Å²) in [4.78, 5) is 0. The molecule has 0 aliphatic heterocycles. The van der Waals surface area contributed by atoms with E-state index < -0.39 is 0 Å². The second-order valence-electron chi connectivity index (χ2n) is 2.34. The summed E-state index contributed by atoms with van der Waals surface area (Å²) in [5.41, 5.74) is 3.09. The van der Waals surface area contributed by atoms with Crippen molar-refractivity contribution in [3.8, 4) is 0 Å². The van der Waals surface area contributed by atoms with Crippen LogP contribution in [0, 0.1) is 11.7 Å². The number of hydrogen-bond donors (Lipinski definition) is 2. The van der Waals surface area contributed by atoms with Gasteiger partial charge in [-0.15, -0.1) is 0 Å². The second kappa shape index (κ2) is 4.06. The third-order valence-corrected chi connectivity index (χ3v) is 1.72. The predicted molar refractivity (Wildman–Crippen MR) is 51.2 cm³/mol. The van der Waals surface area contributed by atoms with Gasteiger partial charge in [0.25, 0.3) is 0 Å². The zero-order valence-electron chi connectivity index (χ0n) is 7.16. The van der Waals surface area contributed by atoms with E-state index in [1.807, 2.05) is 26.0 Å². The Morgan fingerprint density at radius 1 is 1.75 bits per heavy atom. The minimum atomic E-state index is 0.594. The van der Waals surface area contributed by atoms with Gasteiger partial charge in [-0.2, -0.15) is 5.10 Å². The molecule has 66 valence electrons. The molecule has 0 atom stereocenters. The summed E-state index contributed by atoms with van der Waals surface area (Å²) in [5.74, 6) is 0.838. The molecule has 0 aliphatic rings. The fraction of sp³-hybridized carbons (Fsp3) is 0.429. The van der Waals surface area contributed by atoms with E-state index in [0.717, 1.165) is 12.4 Å². The molecule has 1 aromatic rings. The molecule has 4 nitrogen and oxygen atoms in total. The number of nitrogens with one attached hydrogen (secondary N) is 2. The third-order valence-electron chi connectivity index (χ3n) is 1.44. The van der Waals surface area contributed by atoms with Gasteiger partial charge >= 0.3 is 0 Å². The lowest BCUT2D eigenvalue weighted by molar-refractivity contribution is 0.831. The Morgan fingerprint density at radius 2 is 2.50 bits per heavy atom. The molecule has 0 saturated carbocycles. The molecule has 2 N–H and O–H groups in total. The Kier molecular flexibility index (Phi) is 3.04. The molecule has 12 heavy (non-hydrogen) atoms. The first-order valence-corrected chi connectivity index (χ1v) is 4.15. The van der Waals surface area contributed by atoms with Crippen molar-refractivity contribution in [2.24, 2.45) is 0 Å². The number of nitrogens with zero attached hydrogens (tertiary/aromatic N) is 2. The summed E-state index contributed by atoms with van der Waals surface area (Å²) in [7, 11) is 0. The van der Waals surface area contributed by atoms with Gasteiger partial charge in [-0.3, -0.25) is 5.10 Å². The van der Waals surface area contributed by atoms with Crippen molar-refractivity contribution in [2.75, 3.05) is 12.0 Å². The Morgan fingerprint density at radius 3 is 3.00 bits per heavy atom. The largest absolute Gasteiger partial charge is 0.318 e. The highest BCUT2D eigenvalue weighted by Gasteiger charge is 1.96. The Hall–Kier alpha value is -1.10. The molecular formula is C7H12N4S. The van der Waals surface area contributed by atoms with Crippen molar-refractivity contribution in [1.29, 1.82) is 0 Å². The molecule has 0 unspecified atom stereocenters. The van der Waals surface area contributed by atoms with Gasteiger partial charge < -0.3 is 5.43 Å². The second-order valence-corrected chi connectivity index (χ2v) is 2.73. The molecule has 0 saturated heterocycles. The van der Waals surface area contributed by atoms with Crippen molar-refractivity contribution in [1.82, 2.24) is 14.9 Å². The number of allylic oxidation sites excluding steroid dienone is 1. The highest BCUT2D eigenvalue weighted by molar-refractivity contribution is 7.71. The molecular weight excluding hydrogens is 172 g/mol. The maximum absolute atomic E-state index is 4.98. The third kappa shape index (κ3) is 1.94. The molecule has 0 radical (unpaired) electrons. The van der Waals surface area contributed by atoms with Crippen molar-refractivity contribution in [3.63, 3.8) is 0 Å². The Labute approximate surface area is 76.3 Å². The van der Waals surface area contributed by atoms with Crippen LogP contribution < -0.4 is 5.43 Å². The van der Waals surface area contributed by atoms with Gasteiger partial charge in [-0.05, 0) is 26.1 Å². The van der Waals surface area contributed by atoms with Crippen LogP contribution >= 0.6 is 12.2 Å². The van der Waals surface area contributed by atoms with Crippen LogP contribution in [0.3, 0.4) is 0 Å². The lowest BCUT2D eigenvalue weighted by atomic mass is 10.5. The minimum absolute atomic E-state index is 0.594. The van der Waals surface area contributed by atoms with Crippen LogP contribution in [0.2, 0.25) is 0 Å². The monoisotopic (exact) mass is 184 g/mol. The fourth-order valence-corrected chi connectivity index (χ4v) is 1.07. The van der Waals surface area contributed by atoms with Crippen LogP contribution in [0.15, 0.2) is 12.2 Å². The summed E-state index contributed by atoms with van der Waals surface area (Å²) >= 11 is 4.98. The highest BCUT2D eigenvalue weighted by atomic mass is 32.1. The van der Waals surface area contributed by atoms with Crippen LogP contribution in [0.5, 0.6) is 0 Å². The topological polar surface area (TPSA) is 45.6 Å². The van der Waals surface area contributed by atoms with Crippen LogP contribution in [-0.4, -0.2) is 21.4 Å². The molecule has 5 heteroatoms.